The molecule has 0 heterocycles. The molecule has 0 spiro atoms. The molecule has 0 aliphatic carbocycles. The Morgan fingerprint density at radius 2 is 2.25 bits per heavy atom. The molecule has 0 aromatic heterocycles. The number of alkyl halides is 1. The number of hydrogen-bond acceptors (Lipinski definition) is 3. The van der Waals surface area contributed by atoms with Crippen molar-refractivity contribution < 1.29 is 8.42 Å². The number of sulfonamides is 1. The minimum Gasteiger partial charge on any atom is -0.214 e. The van der Waals surface area contributed by atoms with Crippen molar-refractivity contribution >= 4 is 32.6 Å². The number of nitrogens with one attached hydrogen (secondary N) is 1. The van der Waals surface area contributed by atoms with Crippen molar-refractivity contribution in [2.75, 3.05) is 11.0 Å². The van der Waals surface area contributed by atoms with Gasteiger partial charge in [-0.05, 0) is 13.3 Å². The van der Waals surface area contributed by atoms with E-state index in [1.165, 1.54) is 6.92 Å². The molecule has 0 amide bonds. The van der Waals surface area contributed by atoms with Crippen LogP contribution in [0.5, 0.6) is 0 Å². The minimum absolute atomic E-state index is 0.414. The van der Waals surface area contributed by atoms with Crippen LogP contribution < -0.4 is 4.72 Å². The molecule has 70 valence electrons. The van der Waals surface area contributed by atoms with E-state index in [-0.39, 0.29) is 0 Å². The van der Waals surface area contributed by atoms with Crippen LogP contribution in [0.4, 0.5) is 0 Å². The fourth-order valence-electron chi connectivity index (χ4n) is 0.476. The van der Waals surface area contributed by atoms with Crippen LogP contribution in [-0.2, 0) is 10.0 Å². The molecule has 0 saturated carbocycles. The van der Waals surface area contributed by atoms with Crippen LogP contribution in [0.15, 0.2) is 0 Å². The van der Waals surface area contributed by atoms with Crippen molar-refractivity contribution in [2.24, 2.45) is 0 Å². The zero-order chi connectivity index (χ0) is 9.61. The lowest BCUT2D eigenvalue weighted by molar-refractivity contribution is 0.577. The Kier molecular flexibility index (Phi) is 5.78. The normalized spacial score (nSPS) is 13.8. The molecule has 6 heteroatoms. The van der Waals surface area contributed by atoms with E-state index < -0.39 is 15.3 Å². The van der Waals surface area contributed by atoms with Gasteiger partial charge in [0.1, 0.15) is 0 Å². The summed E-state index contributed by atoms with van der Waals surface area (Å²) in [7, 11) is -3.40. The summed E-state index contributed by atoms with van der Waals surface area (Å²) in [5.41, 5.74) is 0. The van der Waals surface area contributed by atoms with E-state index in [0.717, 1.165) is 10.8 Å². The Hall–Kier alpha value is 0.130. The van der Waals surface area contributed by atoms with Gasteiger partial charge < -0.3 is 0 Å². The molecule has 1 unspecified atom stereocenters. The van der Waals surface area contributed by atoms with Crippen LogP contribution in [0.25, 0.3) is 0 Å². The zero-order valence-corrected chi connectivity index (χ0v) is 9.72. The lowest BCUT2D eigenvalue weighted by Crippen LogP contribution is -2.32. The molecule has 12 heavy (non-hydrogen) atoms. The molecule has 0 aromatic carbocycles. The van der Waals surface area contributed by atoms with E-state index in [1.807, 2.05) is 0 Å². The smallest absolute Gasteiger partial charge is 0.214 e. The highest BCUT2D eigenvalue weighted by atomic mass is 127. The average molecular weight is 302 g/mol. The van der Waals surface area contributed by atoms with Gasteiger partial charge in [0.15, 0.2) is 5.25 Å². The molecule has 1 atom stereocenters. The van der Waals surface area contributed by atoms with Crippen LogP contribution in [0.3, 0.4) is 0 Å². The van der Waals surface area contributed by atoms with Gasteiger partial charge in [-0.3, -0.25) is 0 Å². The summed E-state index contributed by atoms with van der Waals surface area (Å²) in [6.07, 6.45) is 0.790. The minimum atomic E-state index is -3.40. The largest absolute Gasteiger partial charge is 0.227 e. The van der Waals surface area contributed by atoms with E-state index >= 15 is 0 Å². The maximum Gasteiger partial charge on any atom is 0.227 e. The first-order valence-electron chi connectivity index (χ1n) is 3.48. The van der Waals surface area contributed by atoms with E-state index in [1.54, 1.807) is 6.07 Å². The molecule has 0 radical (unpaired) electrons. The molecule has 0 rings (SSSR count). The van der Waals surface area contributed by atoms with E-state index in [2.05, 4.69) is 27.3 Å². The second-order valence-electron chi connectivity index (χ2n) is 2.25. The number of halogens is 1. The summed E-state index contributed by atoms with van der Waals surface area (Å²) in [5, 5.41) is 7.39. The summed E-state index contributed by atoms with van der Waals surface area (Å²) in [6, 6.07) is 1.68. The summed E-state index contributed by atoms with van der Waals surface area (Å²) < 4.78 is 25.5. The summed E-state index contributed by atoms with van der Waals surface area (Å²) in [5.74, 6) is 0. The first-order valence-corrected chi connectivity index (χ1v) is 6.56. The molecular formula is C6H11IN2O2S. The summed E-state index contributed by atoms with van der Waals surface area (Å²) in [4.78, 5) is 0. The van der Waals surface area contributed by atoms with Gasteiger partial charge in [0.05, 0.1) is 6.07 Å². The lowest BCUT2D eigenvalue weighted by Gasteiger charge is -2.05. The van der Waals surface area contributed by atoms with E-state index in [0.29, 0.717) is 6.54 Å². The molecule has 4 nitrogen and oxygen atoms in total. The van der Waals surface area contributed by atoms with Gasteiger partial charge in [0.25, 0.3) is 0 Å². The van der Waals surface area contributed by atoms with Crippen molar-refractivity contribution in [3.63, 3.8) is 0 Å². The van der Waals surface area contributed by atoms with Crippen LogP contribution in [0.1, 0.15) is 13.3 Å². The van der Waals surface area contributed by atoms with Crippen LogP contribution in [-0.4, -0.2) is 24.6 Å². The average Bonchev–Trinajstić information content (AvgIpc) is 2.03. The Balaban J connectivity index is 3.99. The van der Waals surface area contributed by atoms with Gasteiger partial charge in [0, 0.05) is 11.0 Å². The number of rotatable bonds is 5. The maximum atomic E-state index is 11.1. The molecule has 1 N–H and O–H groups in total. The Morgan fingerprint density at radius 3 is 2.67 bits per heavy atom. The Labute approximate surface area is 86.5 Å². The lowest BCUT2D eigenvalue weighted by atomic mass is 10.5. The number of nitriles is 1. The highest BCUT2D eigenvalue weighted by Crippen LogP contribution is 1.96. The molecule has 0 saturated heterocycles. The molecular weight excluding hydrogens is 291 g/mol. The van der Waals surface area contributed by atoms with E-state index in [9.17, 15) is 8.42 Å². The highest BCUT2D eigenvalue weighted by molar-refractivity contribution is 14.1. The van der Waals surface area contributed by atoms with E-state index in [4.69, 9.17) is 5.26 Å². The van der Waals surface area contributed by atoms with Gasteiger partial charge in [-0.2, -0.15) is 5.26 Å². The third-order valence-corrected chi connectivity index (χ3v) is 3.67. The van der Waals surface area contributed by atoms with Crippen molar-refractivity contribution in [1.82, 2.24) is 4.72 Å². The SMILES string of the molecule is CC(C#N)S(=O)(=O)NCCCI. The fraction of sp³-hybridized carbons (Fsp3) is 0.833. The second kappa shape index (κ2) is 5.72. The second-order valence-corrected chi connectivity index (χ2v) is 5.42. The number of hydrogen-bond donors (Lipinski definition) is 1. The van der Waals surface area contributed by atoms with Gasteiger partial charge in [-0.15, -0.1) is 0 Å². The van der Waals surface area contributed by atoms with Crippen LogP contribution in [0, 0.1) is 11.3 Å². The molecule has 0 fully saturated rings. The Morgan fingerprint density at radius 1 is 1.67 bits per heavy atom. The molecule has 0 bridgehead atoms. The topological polar surface area (TPSA) is 70.0 Å². The summed E-state index contributed by atoms with van der Waals surface area (Å²) >= 11 is 2.17. The van der Waals surface area contributed by atoms with Crippen molar-refractivity contribution in [1.29, 1.82) is 5.26 Å². The first-order chi connectivity index (χ1) is 5.54. The van der Waals surface area contributed by atoms with Crippen molar-refractivity contribution in [3.05, 3.63) is 0 Å². The first kappa shape index (κ1) is 12.1. The van der Waals surface area contributed by atoms with Gasteiger partial charge in [-0.1, -0.05) is 22.6 Å². The summed E-state index contributed by atoms with van der Waals surface area (Å²) in [6.45, 7) is 1.78. The number of nitrogens with zero attached hydrogens (tertiary/aromatic N) is 1. The van der Waals surface area contributed by atoms with Crippen LogP contribution >= 0.6 is 22.6 Å². The third-order valence-electron chi connectivity index (χ3n) is 1.26. The zero-order valence-electron chi connectivity index (χ0n) is 6.75. The quantitative estimate of drug-likeness (QED) is 0.460. The highest BCUT2D eigenvalue weighted by Gasteiger charge is 2.18. The monoisotopic (exact) mass is 302 g/mol. The van der Waals surface area contributed by atoms with Gasteiger partial charge in [0.2, 0.25) is 10.0 Å². The maximum absolute atomic E-state index is 11.1. The molecule has 0 aliphatic heterocycles. The molecule has 0 aromatic rings. The predicted molar refractivity (Wildman–Crippen MR) is 55.5 cm³/mol. The third kappa shape index (κ3) is 4.23. The predicted octanol–water partition coefficient (Wildman–Crippen LogP) is 0.643. The fourth-order valence-corrected chi connectivity index (χ4v) is 1.67. The Bertz CT molecular complexity index is 257. The van der Waals surface area contributed by atoms with Crippen LogP contribution in [0.2, 0.25) is 0 Å². The van der Waals surface area contributed by atoms with Gasteiger partial charge >= 0.3 is 0 Å². The van der Waals surface area contributed by atoms with Gasteiger partial charge in [-0.25, -0.2) is 13.1 Å². The standard InChI is InChI=1S/C6H11IN2O2S/c1-6(5-8)12(10,11)9-4-2-3-7/h6,9H,2-4H2,1H3. The van der Waals surface area contributed by atoms with Crippen molar-refractivity contribution in [2.45, 2.75) is 18.6 Å². The van der Waals surface area contributed by atoms with Crippen molar-refractivity contribution in [3.8, 4) is 6.07 Å². The molecule has 0 aliphatic rings.